The highest BCUT2D eigenvalue weighted by atomic mass is 35.5. The van der Waals surface area contributed by atoms with Crippen molar-refractivity contribution < 1.29 is 23.5 Å². The summed E-state index contributed by atoms with van der Waals surface area (Å²) in [6.07, 6.45) is 1.96. The number of amides is 3. The summed E-state index contributed by atoms with van der Waals surface area (Å²) in [6, 6.07) is 6.86. The summed E-state index contributed by atoms with van der Waals surface area (Å²) in [5, 5.41) is 5.46. The van der Waals surface area contributed by atoms with E-state index in [9.17, 15) is 18.8 Å². The van der Waals surface area contributed by atoms with Crippen LogP contribution in [-0.2, 0) is 9.53 Å². The SMILES string of the molecule is CSCC(=O)NCC1CN(c2ccc(C(=O)Nc3ccc(Cl)nc3)c(F)c2)C(=O)O1. The monoisotopic (exact) mass is 452 g/mol. The van der Waals surface area contributed by atoms with Crippen molar-refractivity contribution >= 4 is 52.6 Å². The molecular weight excluding hydrogens is 435 g/mol. The van der Waals surface area contributed by atoms with Gasteiger partial charge in [0.05, 0.1) is 42.0 Å². The van der Waals surface area contributed by atoms with E-state index in [1.54, 1.807) is 0 Å². The van der Waals surface area contributed by atoms with Gasteiger partial charge in [0.2, 0.25) is 5.91 Å². The molecular formula is C19H18ClFN4O4S. The predicted molar refractivity (Wildman–Crippen MR) is 113 cm³/mol. The second kappa shape index (κ2) is 9.77. The van der Waals surface area contributed by atoms with Crippen molar-refractivity contribution in [2.45, 2.75) is 6.10 Å². The number of aromatic nitrogens is 1. The number of pyridine rings is 1. The maximum atomic E-state index is 14.5. The number of benzene rings is 1. The average molecular weight is 453 g/mol. The number of hydrogen-bond donors (Lipinski definition) is 2. The van der Waals surface area contributed by atoms with Gasteiger partial charge >= 0.3 is 6.09 Å². The van der Waals surface area contributed by atoms with Crippen molar-refractivity contribution in [3.63, 3.8) is 0 Å². The normalized spacial score (nSPS) is 15.6. The lowest BCUT2D eigenvalue weighted by molar-refractivity contribution is -0.118. The zero-order valence-electron chi connectivity index (χ0n) is 15.9. The molecule has 8 nitrogen and oxygen atoms in total. The van der Waals surface area contributed by atoms with Crippen LogP contribution in [0.1, 0.15) is 10.4 Å². The summed E-state index contributed by atoms with van der Waals surface area (Å²) >= 11 is 7.08. The third kappa shape index (κ3) is 5.39. The maximum Gasteiger partial charge on any atom is 0.414 e. The number of rotatable bonds is 7. The highest BCUT2D eigenvalue weighted by Crippen LogP contribution is 2.24. The molecule has 0 spiro atoms. The Bertz CT molecular complexity index is 960. The van der Waals surface area contributed by atoms with Crippen molar-refractivity contribution in [2.24, 2.45) is 0 Å². The van der Waals surface area contributed by atoms with Gasteiger partial charge in [-0.1, -0.05) is 11.6 Å². The second-order valence-electron chi connectivity index (χ2n) is 6.34. The van der Waals surface area contributed by atoms with E-state index in [1.807, 2.05) is 6.26 Å². The van der Waals surface area contributed by atoms with Crippen LogP contribution >= 0.6 is 23.4 Å². The van der Waals surface area contributed by atoms with Crippen molar-refractivity contribution in [3.8, 4) is 0 Å². The lowest BCUT2D eigenvalue weighted by atomic mass is 10.1. The molecule has 0 radical (unpaired) electrons. The number of carbonyl (C=O) groups is 3. The number of cyclic esters (lactones) is 1. The molecule has 3 amide bonds. The summed E-state index contributed by atoms with van der Waals surface area (Å²) < 4.78 is 19.8. The van der Waals surface area contributed by atoms with E-state index in [0.29, 0.717) is 11.4 Å². The first-order chi connectivity index (χ1) is 14.4. The molecule has 3 rings (SSSR count). The predicted octanol–water partition coefficient (Wildman–Crippen LogP) is 2.93. The van der Waals surface area contributed by atoms with Crippen LogP contribution in [0.15, 0.2) is 36.5 Å². The van der Waals surface area contributed by atoms with Crippen molar-refractivity contribution in [1.29, 1.82) is 0 Å². The van der Waals surface area contributed by atoms with E-state index >= 15 is 0 Å². The second-order valence-corrected chi connectivity index (χ2v) is 7.59. The van der Waals surface area contributed by atoms with E-state index in [2.05, 4.69) is 15.6 Å². The Labute approximate surface area is 181 Å². The van der Waals surface area contributed by atoms with Gasteiger partial charge < -0.3 is 15.4 Å². The number of nitrogens with one attached hydrogen (secondary N) is 2. The largest absolute Gasteiger partial charge is 0.442 e. The van der Waals surface area contributed by atoms with Crippen molar-refractivity contribution in [3.05, 3.63) is 53.1 Å². The lowest BCUT2D eigenvalue weighted by Crippen LogP contribution is -2.35. The summed E-state index contributed by atoms with van der Waals surface area (Å²) in [5.74, 6) is -1.31. The molecule has 0 aliphatic carbocycles. The zero-order chi connectivity index (χ0) is 21.7. The highest BCUT2D eigenvalue weighted by Gasteiger charge is 2.33. The van der Waals surface area contributed by atoms with Crippen LogP contribution in [0.4, 0.5) is 20.6 Å². The Morgan fingerprint density at radius 3 is 2.83 bits per heavy atom. The Morgan fingerprint density at radius 2 is 2.17 bits per heavy atom. The fourth-order valence-corrected chi connectivity index (χ4v) is 3.23. The third-order valence-electron chi connectivity index (χ3n) is 4.17. The van der Waals surface area contributed by atoms with Crippen LogP contribution in [-0.4, -0.2) is 54.1 Å². The van der Waals surface area contributed by atoms with E-state index < -0.39 is 23.9 Å². The molecule has 1 aliphatic heterocycles. The molecule has 1 unspecified atom stereocenters. The molecule has 1 saturated heterocycles. The van der Waals surface area contributed by atoms with Crippen LogP contribution in [0.3, 0.4) is 0 Å². The third-order valence-corrected chi connectivity index (χ3v) is 4.95. The molecule has 1 aromatic carbocycles. The number of carbonyl (C=O) groups excluding carboxylic acids is 3. The van der Waals surface area contributed by atoms with Gasteiger partial charge in [-0.05, 0) is 36.6 Å². The van der Waals surface area contributed by atoms with Gasteiger partial charge in [0.25, 0.3) is 5.91 Å². The molecule has 2 N–H and O–H groups in total. The van der Waals surface area contributed by atoms with Gasteiger partial charge in [0.1, 0.15) is 17.1 Å². The minimum Gasteiger partial charge on any atom is -0.442 e. The van der Waals surface area contributed by atoms with Crippen LogP contribution < -0.4 is 15.5 Å². The molecule has 1 aliphatic rings. The summed E-state index contributed by atoms with van der Waals surface area (Å²) in [7, 11) is 0. The number of halogens is 2. The minimum absolute atomic E-state index is 0.153. The molecule has 158 valence electrons. The van der Waals surface area contributed by atoms with Gasteiger partial charge in [0.15, 0.2) is 0 Å². The molecule has 11 heteroatoms. The number of thioether (sulfide) groups is 1. The topological polar surface area (TPSA) is 101 Å². The van der Waals surface area contributed by atoms with Crippen LogP contribution in [0.5, 0.6) is 0 Å². The smallest absolute Gasteiger partial charge is 0.414 e. The molecule has 2 heterocycles. The zero-order valence-corrected chi connectivity index (χ0v) is 17.4. The highest BCUT2D eigenvalue weighted by molar-refractivity contribution is 7.99. The van der Waals surface area contributed by atoms with Crippen LogP contribution in [0.2, 0.25) is 5.15 Å². The van der Waals surface area contributed by atoms with Crippen LogP contribution in [0.25, 0.3) is 0 Å². The van der Waals surface area contributed by atoms with Gasteiger partial charge in [-0.3, -0.25) is 14.5 Å². The fourth-order valence-electron chi connectivity index (χ4n) is 2.75. The summed E-state index contributed by atoms with van der Waals surface area (Å²) in [6.45, 7) is 0.319. The van der Waals surface area contributed by atoms with Gasteiger partial charge in [0, 0.05) is 0 Å². The number of nitrogens with zero attached hydrogens (tertiary/aromatic N) is 2. The molecule has 30 heavy (non-hydrogen) atoms. The first kappa shape index (κ1) is 21.8. The Morgan fingerprint density at radius 1 is 1.37 bits per heavy atom. The molecule has 0 saturated carbocycles. The lowest BCUT2D eigenvalue weighted by Gasteiger charge is -2.14. The van der Waals surface area contributed by atoms with Gasteiger partial charge in [-0.15, -0.1) is 0 Å². The van der Waals surface area contributed by atoms with Gasteiger partial charge in [-0.2, -0.15) is 11.8 Å². The van der Waals surface area contributed by atoms with E-state index in [1.165, 1.54) is 47.1 Å². The summed E-state index contributed by atoms with van der Waals surface area (Å²) in [5.41, 5.74) is 0.421. The van der Waals surface area contributed by atoms with Crippen molar-refractivity contribution in [1.82, 2.24) is 10.3 Å². The standard InChI is InChI=1S/C19H18ClFN4O4S/c1-30-10-17(26)23-8-13-9-25(19(28)29-13)12-3-4-14(15(21)6-12)18(27)24-11-2-5-16(20)22-7-11/h2-7,13H,8-10H2,1H3,(H,23,26)(H,24,27). The minimum atomic E-state index is -0.795. The van der Waals surface area contributed by atoms with E-state index in [-0.39, 0.29) is 35.4 Å². The maximum absolute atomic E-state index is 14.5. The first-order valence-corrected chi connectivity index (χ1v) is 10.6. The molecule has 0 bridgehead atoms. The first-order valence-electron chi connectivity index (χ1n) is 8.83. The Balaban J connectivity index is 1.64. The Hall–Kier alpha value is -2.85. The number of hydrogen-bond acceptors (Lipinski definition) is 6. The fraction of sp³-hybridized carbons (Fsp3) is 0.263. The van der Waals surface area contributed by atoms with E-state index in [4.69, 9.17) is 16.3 Å². The molecule has 2 aromatic rings. The van der Waals surface area contributed by atoms with E-state index in [0.717, 1.165) is 6.07 Å². The van der Waals surface area contributed by atoms with Crippen LogP contribution in [0, 0.1) is 5.82 Å². The quantitative estimate of drug-likeness (QED) is 0.626. The summed E-state index contributed by atoms with van der Waals surface area (Å²) in [4.78, 5) is 41.1. The average Bonchev–Trinajstić information content (AvgIpc) is 3.09. The molecule has 1 aromatic heterocycles. The van der Waals surface area contributed by atoms with Crippen molar-refractivity contribution in [2.75, 3.05) is 35.3 Å². The number of ether oxygens (including phenoxy) is 1. The molecule has 1 atom stereocenters. The molecule has 1 fully saturated rings. The number of anilines is 2. The van der Waals surface area contributed by atoms with Gasteiger partial charge in [-0.25, -0.2) is 14.2 Å². The Kier molecular flexibility index (Phi) is 7.11.